The molecule has 17 heavy (non-hydrogen) atoms. The van der Waals surface area contributed by atoms with Gasteiger partial charge in [0.15, 0.2) is 0 Å². The summed E-state index contributed by atoms with van der Waals surface area (Å²) >= 11 is 0. The van der Waals surface area contributed by atoms with E-state index in [2.05, 4.69) is 26.8 Å². The van der Waals surface area contributed by atoms with Crippen molar-refractivity contribution < 1.29 is 0 Å². The fourth-order valence-corrected chi connectivity index (χ4v) is 5.57. The van der Waals surface area contributed by atoms with Crippen LogP contribution in [-0.4, -0.2) is 0 Å². The van der Waals surface area contributed by atoms with Crippen LogP contribution in [0.1, 0.15) is 59.3 Å². The Balaban J connectivity index is 1.90. The lowest BCUT2D eigenvalue weighted by Crippen LogP contribution is -2.51. The third kappa shape index (κ3) is 1.64. The highest BCUT2D eigenvalue weighted by Gasteiger charge is 2.55. The molecule has 1 heteroatoms. The molecule has 4 saturated carbocycles. The van der Waals surface area contributed by atoms with Crippen LogP contribution in [0.25, 0.3) is 0 Å². The maximum Gasteiger partial charge on any atom is 0.0686 e. The van der Waals surface area contributed by atoms with Crippen molar-refractivity contribution in [3.05, 3.63) is 0 Å². The Morgan fingerprint density at radius 3 is 1.82 bits per heavy atom. The first-order chi connectivity index (χ1) is 7.95. The first-order valence-electron chi connectivity index (χ1n) is 7.36. The van der Waals surface area contributed by atoms with Crippen molar-refractivity contribution in [1.29, 1.82) is 5.26 Å². The summed E-state index contributed by atoms with van der Waals surface area (Å²) in [6.07, 6.45) is 8.76. The van der Waals surface area contributed by atoms with Crippen molar-refractivity contribution in [3.8, 4) is 6.07 Å². The van der Waals surface area contributed by atoms with Crippen LogP contribution >= 0.6 is 0 Å². The smallest absolute Gasteiger partial charge is 0.0686 e. The lowest BCUT2D eigenvalue weighted by Gasteiger charge is -2.60. The van der Waals surface area contributed by atoms with Crippen molar-refractivity contribution in [3.63, 3.8) is 0 Å². The largest absolute Gasteiger partial charge is 0.198 e. The lowest BCUT2D eigenvalue weighted by atomic mass is 9.44. The van der Waals surface area contributed by atoms with Gasteiger partial charge in [-0.3, -0.25) is 0 Å². The van der Waals surface area contributed by atoms with Crippen LogP contribution in [0.4, 0.5) is 0 Å². The van der Waals surface area contributed by atoms with Gasteiger partial charge in [0.2, 0.25) is 0 Å². The van der Waals surface area contributed by atoms with Crippen molar-refractivity contribution >= 4 is 0 Å². The second kappa shape index (κ2) is 3.50. The molecule has 0 radical (unpaired) electrons. The van der Waals surface area contributed by atoms with Gasteiger partial charge in [0.1, 0.15) is 0 Å². The highest BCUT2D eigenvalue weighted by Crippen LogP contribution is 2.64. The highest BCUT2D eigenvalue weighted by atomic mass is 14.6. The molecule has 1 unspecified atom stereocenters. The quantitative estimate of drug-likeness (QED) is 0.691. The van der Waals surface area contributed by atoms with Gasteiger partial charge < -0.3 is 0 Å². The predicted octanol–water partition coefficient (Wildman–Crippen LogP) is 4.39. The van der Waals surface area contributed by atoms with E-state index in [4.69, 9.17) is 0 Å². The Morgan fingerprint density at radius 1 is 1.06 bits per heavy atom. The Kier molecular flexibility index (Phi) is 2.38. The van der Waals surface area contributed by atoms with Gasteiger partial charge in [-0.1, -0.05) is 6.92 Å². The number of hydrogen-bond acceptors (Lipinski definition) is 1. The van der Waals surface area contributed by atoms with Crippen LogP contribution in [0.15, 0.2) is 0 Å². The first-order valence-corrected chi connectivity index (χ1v) is 7.36. The number of hydrogen-bond donors (Lipinski definition) is 0. The summed E-state index contributed by atoms with van der Waals surface area (Å²) in [5.74, 6) is 3.56. The normalized spacial score (nSPS) is 45.6. The monoisotopic (exact) mass is 231 g/mol. The van der Waals surface area contributed by atoms with E-state index in [1.807, 2.05) is 0 Å². The fraction of sp³-hybridized carbons (Fsp3) is 0.938. The van der Waals surface area contributed by atoms with Crippen molar-refractivity contribution in [2.45, 2.75) is 59.3 Å². The van der Waals surface area contributed by atoms with Crippen LogP contribution < -0.4 is 0 Å². The predicted molar refractivity (Wildman–Crippen MR) is 69.2 cm³/mol. The van der Waals surface area contributed by atoms with Gasteiger partial charge in [-0.25, -0.2) is 0 Å². The average Bonchev–Trinajstić information content (AvgIpc) is 2.26. The second-order valence-corrected chi connectivity index (χ2v) is 7.84. The van der Waals surface area contributed by atoms with Gasteiger partial charge in [0, 0.05) is 0 Å². The van der Waals surface area contributed by atoms with Crippen LogP contribution in [0, 0.1) is 45.8 Å². The summed E-state index contributed by atoms with van der Waals surface area (Å²) < 4.78 is 0. The molecule has 4 aliphatic rings. The van der Waals surface area contributed by atoms with E-state index < -0.39 is 0 Å². The van der Waals surface area contributed by atoms with Gasteiger partial charge in [0.05, 0.1) is 11.5 Å². The summed E-state index contributed by atoms with van der Waals surface area (Å²) in [6, 6.07) is 2.57. The molecule has 0 aliphatic heterocycles. The molecule has 0 spiro atoms. The molecular formula is C16H25N. The molecule has 4 bridgehead atoms. The van der Waals surface area contributed by atoms with E-state index in [-0.39, 0.29) is 5.41 Å². The van der Waals surface area contributed by atoms with E-state index in [9.17, 15) is 5.26 Å². The van der Waals surface area contributed by atoms with Gasteiger partial charge in [0.25, 0.3) is 0 Å². The SMILES string of the molecule is CC(C(C)(C)C#N)C12CC3CC(CC(C3)C1)C2. The third-order valence-corrected chi connectivity index (χ3v) is 6.37. The minimum atomic E-state index is -0.147. The average molecular weight is 231 g/mol. The van der Waals surface area contributed by atoms with Gasteiger partial charge in [-0.15, -0.1) is 0 Å². The van der Waals surface area contributed by atoms with Gasteiger partial charge in [-0.2, -0.15) is 5.26 Å². The van der Waals surface area contributed by atoms with E-state index >= 15 is 0 Å². The zero-order chi connectivity index (χ0) is 12.3. The zero-order valence-electron chi connectivity index (χ0n) is 11.5. The zero-order valence-corrected chi connectivity index (χ0v) is 11.5. The minimum Gasteiger partial charge on any atom is -0.198 e. The lowest BCUT2D eigenvalue weighted by molar-refractivity contribution is -0.102. The fourth-order valence-electron chi connectivity index (χ4n) is 5.57. The highest BCUT2D eigenvalue weighted by molar-refractivity contribution is 5.09. The molecule has 1 nitrogen and oxygen atoms in total. The van der Waals surface area contributed by atoms with E-state index in [1.54, 1.807) is 0 Å². The maximum atomic E-state index is 9.42. The summed E-state index contributed by atoms with van der Waals surface area (Å²) in [6.45, 7) is 6.66. The summed E-state index contributed by atoms with van der Waals surface area (Å²) in [5.41, 5.74) is 0.375. The van der Waals surface area contributed by atoms with Crippen LogP contribution in [0.5, 0.6) is 0 Å². The van der Waals surface area contributed by atoms with E-state index in [1.165, 1.54) is 38.5 Å². The number of nitrogens with zero attached hydrogens (tertiary/aromatic N) is 1. The number of nitriles is 1. The molecule has 0 aromatic heterocycles. The van der Waals surface area contributed by atoms with Crippen LogP contribution in [0.2, 0.25) is 0 Å². The molecule has 0 heterocycles. The number of rotatable bonds is 2. The molecule has 4 fully saturated rings. The van der Waals surface area contributed by atoms with Crippen molar-refractivity contribution in [1.82, 2.24) is 0 Å². The Morgan fingerprint density at radius 2 is 1.47 bits per heavy atom. The molecule has 0 N–H and O–H groups in total. The Labute approximate surface area is 106 Å². The standard InChI is InChI=1S/C16H25N/c1-11(15(2,3)10-17)16-7-12-4-13(8-16)6-14(5-12)9-16/h11-14H,4-9H2,1-3H3. The van der Waals surface area contributed by atoms with Crippen molar-refractivity contribution in [2.75, 3.05) is 0 Å². The molecule has 0 saturated heterocycles. The van der Waals surface area contributed by atoms with E-state index in [0.717, 1.165) is 17.8 Å². The molecule has 0 aromatic rings. The van der Waals surface area contributed by atoms with Crippen LogP contribution in [-0.2, 0) is 0 Å². The molecule has 94 valence electrons. The first kappa shape index (κ1) is 11.6. The second-order valence-electron chi connectivity index (χ2n) is 7.84. The molecular weight excluding hydrogens is 206 g/mol. The molecule has 0 aromatic carbocycles. The summed E-state index contributed by atoms with van der Waals surface area (Å²) in [5, 5.41) is 9.42. The van der Waals surface area contributed by atoms with Gasteiger partial charge >= 0.3 is 0 Å². The van der Waals surface area contributed by atoms with Crippen LogP contribution in [0.3, 0.4) is 0 Å². The minimum absolute atomic E-state index is 0.147. The molecule has 1 atom stereocenters. The summed E-state index contributed by atoms with van der Waals surface area (Å²) in [7, 11) is 0. The van der Waals surface area contributed by atoms with E-state index in [0.29, 0.717) is 11.3 Å². The van der Waals surface area contributed by atoms with Gasteiger partial charge in [-0.05, 0) is 81.5 Å². The summed E-state index contributed by atoms with van der Waals surface area (Å²) in [4.78, 5) is 0. The molecule has 4 aliphatic carbocycles. The Hall–Kier alpha value is -0.510. The molecule has 4 rings (SSSR count). The maximum absolute atomic E-state index is 9.42. The molecule has 0 amide bonds. The third-order valence-electron chi connectivity index (χ3n) is 6.37. The van der Waals surface area contributed by atoms with Crippen molar-refractivity contribution in [2.24, 2.45) is 34.5 Å². The Bertz CT molecular complexity index is 325. The topological polar surface area (TPSA) is 23.8 Å².